The van der Waals surface area contributed by atoms with Gasteiger partial charge in [0.15, 0.2) is 0 Å². The number of alkyl halides is 3. The molecule has 0 fully saturated rings. The van der Waals surface area contributed by atoms with Crippen molar-refractivity contribution in [3.63, 3.8) is 0 Å². The van der Waals surface area contributed by atoms with E-state index in [1.54, 1.807) is 6.08 Å². The molecule has 0 heterocycles. The fourth-order valence-corrected chi connectivity index (χ4v) is 2.33. The number of hydrogen-bond donors (Lipinski definition) is 1. The Morgan fingerprint density at radius 3 is 2.58 bits per heavy atom. The van der Waals surface area contributed by atoms with E-state index in [1.165, 1.54) is 18.2 Å². The maximum absolute atomic E-state index is 13.0. The van der Waals surface area contributed by atoms with Gasteiger partial charge in [-0.25, -0.2) is 4.79 Å². The van der Waals surface area contributed by atoms with Gasteiger partial charge in [-0.15, -0.1) is 0 Å². The van der Waals surface area contributed by atoms with Crippen LogP contribution >= 0.6 is 11.6 Å². The predicted octanol–water partition coefficient (Wildman–Crippen LogP) is 5.69. The highest BCUT2D eigenvalue weighted by Crippen LogP contribution is 2.34. The first-order valence-electron chi connectivity index (χ1n) is 7.84. The van der Waals surface area contributed by atoms with Gasteiger partial charge in [-0.1, -0.05) is 60.2 Å². The summed E-state index contributed by atoms with van der Waals surface area (Å²) in [5, 5.41) is 2.56. The van der Waals surface area contributed by atoms with Crippen LogP contribution in [0.1, 0.15) is 23.1 Å². The van der Waals surface area contributed by atoms with Gasteiger partial charge in [0.2, 0.25) is 0 Å². The van der Waals surface area contributed by atoms with Crippen molar-refractivity contribution >= 4 is 23.8 Å². The van der Waals surface area contributed by atoms with Gasteiger partial charge in [-0.05, 0) is 29.7 Å². The largest absolute Gasteiger partial charge is 0.445 e. The normalized spacial score (nSPS) is 11.5. The van der Waals surface area contributed by atoms with Crippen molar-refractivity contribution in [2.75, 3.05) is 6.54 Å². The molecule has 3 nitrogen and oxygen atoms in total. The number of amides is 1. The zero-order chi connectivity index (χ0) is 19.0. The average molecular weight is 384 g/mol. The monoisotopic (exact) mass is 383 g/mol. The number of alkyl carbamates (subject to hydrolysis) is 1. The molecule has 0 saturated carbocycles. The Kier molecular flexibility index (Phi) is 7.09. The lowest BCUT2D eigenvalue weighted by Gasteiger charge is -2.10. The van der Waals surface area contributed by atoms with Crippen molar-refractivity contribution in [1.82, 2.24) is 5.32 Å². The lowest BCUT2D eigenvalue weighted by atomic mass is 10.1. The minimum atomic E-state index is -4.48. The van der Waals surface area contributed by atoms with Crippen molar-refractivity contribution < 1.29 is 22.7 Å². The molecule has 0 aliphatic rings. The summed E-state index contributed by atoms with van der Waals surface area (Å²) < 4.78 is 43.9. The van der Waals surface area contributed by atoms with E-state index in [0.717, 1.165) is 11.6 Å². The molecule has 26 heavy (non-hydrogen) atoms. The quantitative estimate of drug-likeness (QED) is 0.651. The van der Waals surface area contributed by atoms with Gasteiger partial charge in [-0.3, -0.25) is 0 Å². The predicted molar refractivity (Wildman–Crippen MR) is 94.7 cm³/mol. The number of carbonyl (C=O) groups is 1. The van der Waals surface area contributed by atoms with E-state index in [-0.39, 0.29) is 23.7 Å². The molecule has 0 atom stereocenters. The lowest BCUT2D eigenvalue weighted by Crippen LogP contribution is -2.24. The fraction of sp³-hybridized carbons (Fsp3) is 0.211. The second kappa shape index (κ2) is 9.29. The van der Waals surface area contributed by atoms with Gasteiger partial charge in [-0.2, -0.15) is 13.2 Å². The van der Waals surface area contributed by atoms with Crippen LogP contribution in [-0.2, 0) is 17.5 Å². The standard InChI is InChI=1S/C19H17ClF3NO2/c20-16-10-9-15(17(12-16)19(21,22)23)8-4-5-11-24-18(25)26-13-14-6-2-1-3-7-14/h1-4,6-10,12H,5,11,13H2,(H,24,25). The smallest absolute Gasteiger partial charge is 0.417 e. The third-order valence-corrected chi connectivity index (χ3v) is 3.65. The average Bonchev–Trinajstić information content (AvgIpc) is 2.61. The van der Waals surface area contributed by atoms with Crippen LogP contribution in [0.2, 0.25) is 5.02 Å². The molecular weight excluding hydrogens is 367 g/mol. The molecule has 138 valence electrons. The fourth-order valence-electron chi connectivity index (χ4n) is 2.16. The highest BCUT2D eigenvalue weighted by atomic mass is 35.5. The molecule has 2 rings (SSSR count). The molecule has 1 N–H and O–H groups in total. The third kappa shape index (κ3) is 6.44. The maximum atomic E-state index is 13.0. The molecule has 2 aromatic carbocycles. The second-order valence-corrected chi connectivity index (χ2v) is 5.85. The zero-order valence-electron chi connectivity index (χ0n) is 13.7. The lowest BCUT2D eigenvalue weighted by molar-refractivity contribution is -0.137. The topological polar surface area (TPSA) is 38.3 Å². The highest BCUT2D eigenvalue weighted by Gasteiger charge is 2.32. The third-order valence-electron chi connectivity index (χ3n) is 3.41. The Bertz CT molecular complexity index is 761. The molecule has 1 amide bonds. The summed E-state index contributed by atoms with van der Waals surface area (Å²) in [6, 6.07) is 12.8. The summed E-state index contributed by atoms with van der Waals surface area (Å²) in [6.07, 6.45) is -1.79. The number of rotatable bonds is 6. The van der Waals surface area contributed by atoms with Crippen LogP contribution in [0.5, 0.6) is 0 Å². The van der Waals surface area contributed by atoms with Gasteiger partial charge in [0, 0.05) is 11.6 Å². The maximum Gasteiger partial charge on any atom is 0.417 e. The molecule has 0 aromatic heterocycles. The van der Waals surface area contributed by atoms with Crippen molar-refractivity contribution in [3.8, 4) is 0 Å². The first kappa shape index (κ1) is 19.8. The minimum absolute atomic E-state index is 0.0218. The molecule has 2 aromatic rings. The number of ether oxygens (including phenoxy) is 1. The Hall–Kier alpha value is -2.47. The van der Waals surface area contributed by atoms with E-state index in [4.69, 9.17) is 16.3 Å². The molecule has 7 heteroatoms. The van der Waals surface area contributed by atoms with Gasteiger partial charge < -0.3 is 10.1 Å². The molecular formula is C19H17ClF3NO2. The van der Waals surface area contributed by atoms with E-state index in [2.05, 4.69) is 5.32 Å². The van der Waals surface area contributed by atoms with Crippen LogP contribution in [0, 0.1) is 0 Å². The summed E-state index contributed by atoms with van der Waals surface area (Å²) in [4.78, 5) is 11.6. The van der Waals surface area contributed by atoms with Gasteiger partial charge in [0.25, 0.3) is 0 Å². The first-order chi connectivity index (χ1) is 12.4. The first-order valence-corrected chi connectivity index (χ1v) is 8.22. The number of nitrogens with one attached hydrogen (secondary N) is 1. The van der Waals surface area contributed by atoms with Crippen molar-refractivity contribution in [2.24, 2.45) is 0 Å². The van der Waals surface area contributed by atoms with Crippen LogP contribution in [-0.4, -0.2) is 12.6 Å². The summed E-state index contributed by atoms with van der Waals surface area (Å²) in [7, 11) is 0. The van der Waals surface area contributed by atoms with E-state index in [9.17, 15) is 18.0 Å². The molecule has 0 saturated heterocycles. The summed E-state index contributed by atoms with van der Waals surface area (Å²) >= 11 is 5.63. The van der Waals surface area contributed by atoms with Crippen LogP contribution in [0.3, 0.4) is 0 Å². The summed E-state index contributed by atoms with van der Waals surface area (Å²) in [5.74, 6) is 0. The van der Waals surface area contributed by atoms with E-state index in [0.29, 0.717) is 6.42 Å². The molecule has 0 bridgehead atoms. The van der Waals surface area contributed by atoms with Crippen molar-refractivity contribution in [1.29, 1.82) is 0 Å². The molecule has 0 spiro atoms. The number of hydrogen-bond acceptors (Lipinski definition) is 2. The van der Waals surface area contributed by atoms with Crippen LogP contribution in [0.4, 0.5) is 18.0 Å². The van der Waals surface area contributed by atoms with E-state index in [1.807, 2.05) is 30.3 Å². The SMILES string of the molecule is O=C(NCCC=Cc1ccc(Cl)cc1C(F)(F)F)OCc1ccccc1. The molecule has 0 radical (unpaired) electrons. The molecule has 0 aliphatic heterocycles. The molecule has 0 unspecified atom stereocenters. The van der Waals surface area contributed by atoms with Gasteiger partial charge >= 0.3 is 12.3 Å². The molecule has 0 aliphatic carbocycles. The van der Waals surface area contributed by atoms with Crippen molar-refractivity contribution in [2.45, 2.75) is 19.2 Å². The Morgan fingerprint density at radius 2 is 1.88 bits per heavy atom. The Morgan fingerprint density at radius 1 is 1.15 bits per heavy atom. The Labute approximate surface area is 154 Å². The van der Waals surface area contributed by atoms with Gasteiger partial charge in [0.1, 0.15) is 6.61 Å². The summed E-state index contributed by atoms with van der Waals surface area (Å²) in [5.41, 5.74) is 0.0926. The Balaban J connectivity index is 1.78. The van der Waals surface area contributed by atoms with Crippen LogP contribution in [0.25, 0.3) is 6.08 Å². The number of benzene rings is 2. The van der Waals surface area contributed by atoms with Crippen LogP contribution < -0.4 is 5.32 Å². The zero-order valence-corrected chi connectivity index (χ0v) is 14.5. The van der Waals surface area contributed by atoms with Gasteiger partial charge in [0.05, 0.1) is 5.56 Å². The number of halogens is 4. The second-order valence-electron chi connectivity index (χ2n) is 5.41. The van der Waals surface area contributed by atoms with Crippen LogP contribution in [0.15, 0.2) is 54.6 Å². The number of carbonyl (C=O) groups excluding carboxylic acids is 1. The minimum Gasteiger partial charge on any atom is -0.445 e. The summed E-state index contributed by atoms with van der Waals surface area (Å²) in [6.45, 7) is 0.404. The van der Waals surface area contributed by atoms with Crippen molar-refractivity contribution in [3.05, 3.63) is 76.3 Å². The van der Waals surface area contributed by atoms with E-state index < -0.39 is 17.8 Å². The van der Waals surface area contributed by atoms with E-state index >= 15 is 0 Å². The highest BCUT2D eigenvalue weighted by molar-refractivity contribution is 6.30.